The summed E-state index contributed by atoms with van der Waals surface area (Å²) in [6.45, 7) is 8.34. The first kappa shape index (κ1) is 18.0. The molecule has 0 aromatic heterocycles. The summed E-state index contributed by atoms with van der Waals surface area (Å²) in [5.41, 5.74) is 0.518. The van der Waals surface area contributed by atoms with Gasteiger partial charge in [0, 0.05) is 29.7 Å². The maximum Gasteiger partial charge on any atom is 0.225 e. The molecule has 5 heteroatoms. The lowest BCUT2D eigenvalue weighted by molar-refractivity contribution is -0.116. The SMILES string of the molecule is CC(CC(=O)Nc1cccc(Cl)c1)NCC(O)C(C)(C)C. The van der Waals surface area contributed by atoms with E-state index in [2.05, 4.69) is 10.6 Å². The third kappa shape index (κ3) is 6.93. The van der Waals surface area contributed by atoms with Gasteiger partial charge in [-0.1, -0.05) is 38.4 Å². The Morgan fingerprint density at radius 2 is 2.05 bits per heavy atom. The molecule has 0 bridgehead atoms. The minimum Gasteiger partial charge on any atom is -0.391 e. The monoisotopic (exact) mass is 312 g/mol. The molecule has 0 aliphatic carbocycles. The molecule has 21 heavy (non-hydrogen) atoms. The van der Waals surface area contributed by atoms with Gasteiger partial charge in [-0.3, -0.25) is 4.79 Å². The molecule has 1 amide bonds. The number of benzene rings is 1. The molecule has 0 saturated carbocycles. The molecule has 1 aromatic rings. The second-order valence-corrected chi connectivity index (χ2v) is 6.89. The van der Waals surface area contributed by atoms with E-state index in [1.54, 1.807) is 24.3 Å². The quantitative estimate of drug-likeness (QED) is 0.756. The lowest BCUT2D eigenvalue weighted by Gasteiger charge is -2.27. The van der Waals surface area contributed by atoms with Gasteiger partial charge in [-0.2, -0.15) is 0 Å². The molecule has 4 nitrogen and oxygen atoms in total. The first-order valence-electron chi connectivity index (χ1n) is 7.15. The van der Waals surface area contributed by atoms with Crippen molar-refractivity contribution in [1.29, 1.82) is 0 Å². The highest BCUT2D eigenvalue weighted by molar-refractivity contribution is 6.30. The van der Waals surface area contributed by atoms with Gasteiger partial charge in [0.05, 0.1) is 6.10 Å². The summed E-state index contributed by atoms with van der Waals surface area (Å²) in [4.78, 5) is 11.9. The lowest BCUT2D eigenvalue weighted by atomic mass is 9.89. The van der Waals surface area contributed by atoms with Crippen molar-refractivity contribution in [3.8, 4) is 0 Å². The van der Waals surface area contributed by atoms with Crippen molar-refractivity contribution in [2.75, 3.05) is 11.9 Å². The van der Waals surface area contributed by atoms with Gasteiger partial charge in [0.25, 0.3) is 0 Å². The molecule has 0 aliphatic heterocycles. The van der Waals surface area contributed by atoms with Crippen LogP contribution in [0.4, 0.5) is 5.69 Å². The van der Waals surface area contributed by atoms with Crippen LogP contribution in [-0.4, -0.2) is 29.7 Å². The smallest absolute Gasteiger partial charge is 0.225 e. The first-order valence-corrected chi connectivity index (χ1v) is 7.53. The maximum atomic E-state index is 11.9. The zero-order chi connectivity index (χ0) is 16.0. The van der Waals surface area contributed by atoms with Gasteiger partial charge in [-0.25, -0.2) is 0 Å². The Morgan fingerprint density at radius 1 is 1.38 bits per heavy atom. The van der Waals surface area contributed by atoms with E-state index in [9.17, 15) is 9.90 Å². The molecule has 118 valence electrons. The molecule has 1 aromatic carbocycles. The first-order chi connectivity index (χ1) is 9.68. The van der Waals surface area contributed by atoms with Crippen LogP contribution in [0.1, 0.15) is 34.1 Å². The van der Waals surface area contributed by atoms with Gasteiger partial charge in [0.2, 0.25) is 5.91 Å². The summed E-state index contributed by atoms with van der Waals surface area (Å²) >= 11 is 5.87. The number of carbonyl (C=O) groups excluding carboxylic acids is 1. The molecular formula is C16H25ClN2O2. The van der Waals surface area contributed by atoms with Crippen LogP contribution < -0.4 is 10.6 Å². The van der Waals surface area contributed by atoms with Crippen LogP contribution >= 0.6 is 11.6 Å². The van der Waals surface area contributed by atoms with Gasteiger partial charge in [-0.05, 0) is 30.5 Å². The number of halogens is 1. The third-order valence-corrected chi connectivity index (χ3v) is 3.49. The second-order valence-electron chi connectivity index (χ2n) is 6.45. The predicted molar refractivity (Wildman–Crippen MR) is 87.6 cm³/mol. The van der Waals surface area contributed by atoms with Crippen molar-refractivity contribution in [2.24, 2.45) is 5.41 Å². The number of nitrogens with one attached hydrogen (secondary N) is 2. The zero-order valence-electron chi connectivity index (χ0n) is 13.1. The Balaban J connectivity index is 2.37. The summed E-state index contributed by atoms with van der Waals surface area (Å²) in [7, 11) is 0. The van der Waals surface area contributed by atoms with E-state index >= 15 is 0 Å². The van der Waals surface area contributed by atoms with E-state index in [0.717, 1.165) is 0 Å². The fourth-order valence-corrected chi connectivity index (χ4v) is 1.94. The van der Waals surface area contributed by atoms with Crippen molar-refractivity contribution in [3.63, 3.8) is 0 Å². The minimum absolute atomic E-state index is 0.0128. The molecular weight excluding hydrogens is 288 g/mol. The molecule has 0 aliphatic rings. The van der Waals surface area contributed by atoms with Gasteiger partial charge >= 0.3 is 0 Å². The van der Waals surface area contributed by atoms with Crippen LogP contribution in [0, 0.1) is 5.41 Å². The summed E-state index contributed by atoms with van der Waals surface area (Å²) in [6, 6.07) is 7.04. The van der Waals surface area contributed by atoms with Crippen LogP contribution in [0.3, 0.4) is 0 Å². The molecule has 3 N–H and O–H groups in total. The zero-order valence-corrected chi connectivity index (χ0v) is 13.9. The Bertz CT molecular complexity index is 472. The number of aliphatic hydroxyl groups excluding tert-OH is 1. The van der Waals surface area contributed by atoms with Crippen molar-refractivity contribution in [2.45, 2.75) is 46.3 Å². The number of hydrogen-bond donors (Lipinski definition) is 3. The molecule has 0 fully saturated rings. The van der Waals surface area contributed by atoms with Gasteiger partial charge in [0.1, 0.15) is 0 Å². The largest absolute Gasteiger partial charge is 0.391 e. The number of carbonyl (C=O) groups is 1. The number of rotatable bonds is 6. The van der Waals surface area contributed by atoms with Crippen LogP contribution in [0.25, 0.3) is 0 Å². The van der Waals surface area contributed by atoms with Crippen LogP contribution in [-0.2, 0) is 4.79 Å². The highest BCUT2D eigenvalue weighted by Crippen LogP contribution is 2.18. The van der Waals surface area contributed by atoms with Crippen LogP contribution in [0.2, 0.25) is 5.02 Å². The van der Waals surface area contributed by atoms with E-state index in [-0.39, 0.29) is 17.4 Å². The standard InChI is InChI=1S/C16H25ClN2O2/c1-11(18-10-14(20)16(2,3)4)8-15(21)19-13-7-5-6-12(17)9-13/h5-7,9,11,14,18,20H,8,10H2,1-4H3,(H,19,21). The highest BCUT2D eigenvalue weighted by atomic mass is 35.5. The van der Waals surface area contributed by atoms with Crippen molar-refractivity contribution < 1.29 is 9.90 Å². The summed E-state index contributed by atoms with van der Waals surface area (Å²) in [6.07, 6.45) is -0.112. The van der Waals surface area contributed by atoms with E-state index in [0.29, 0.717) is 23.7 Å². The number of anilines is 1. The Labute approximate surface area is 131 Å². The van der Waals surface area contributed by atoms with Crippen molar-refractivity contribution >= 4 is 23.2 Å². The van der Waals surface area contributed by atoms with Gasteiger partial charge in [-0.15, -0.1) is 0 Å². The fraction of sp³-hybridized carbons (Fsp3) is 0.562. The molecule has 2 unspecified atom stereocenters. The summed E-state index contributed by atoms with van der Waals surface area (Å²) < 4.78 is 0. The van der Waals surface area contributed by atoms with Crippen molar-refractivity contribution in [3.05, 3.63) is 29.3 Å². The number of aliphatic hydroxyl groups is 1. The van der Waals surface area contributed by atoms with E-state index in [1.165, 1.54) is 0 Å². The molecule has 0 heterocycles. The maximum absolute atomic E-state index is 11.9. The fourth-order valence-electron chi connectivity index (χ4n) is 1.75. The predicted octanol–water partition coefficient (Wildman–Crippen LogP) is 3.05. The van der Waals surface area contributed by atoms with E-state index in [4.69, 9.17) is 11.6 Å². The lowest BCUT2D eigenvalue weighted by Crippen LogP contribution is -2.41. The molecule has 0 saturated heterocycles. The minimum atomic E-state index is -0.448. The Morgan fingerprint density at radius 3 is 2.62 bits per heavy atom. The summed E-state index contributed by atoms with van der Waals surface area (Å²) in [5.74, 6) is -0.0810. The van der Waals surface area contributed by atoms with Crippen molar-refractivity contribution in [1.82, 2.24) is 5.32 Å². The topological polar surface area (TPSA) is 61.4 Å². The molecule has 0 radical (unpaired) electrons. The molecule has 1 rings (SSSR count). The van der Waals surface area contributed by atoms with Crippen LogP contribution in [0.5, 0.6) is 0 Å². The summed E-state index contributed by atoms with van der Waals surface area (Å²) in [5, 5.41) is 16.5. The van der Waals surface area contributed by atoms with E-state index in [1.807, 2.05) is 27.7 Å². The average molecular weight is 313 g/mol. The van der Waals surface area contributed by atoms with E-state index < -0.39 is 6.10 Å². The second kappa shape index (κ2) is 7.78. The number of amides is 1. The Hall–Kier alpha value is -1.10. The van der Waals surface area contributed by atoms with Crippen LogP contribution in [0.15, 0.2) is 24.3 Å². The molecule has 0 spiro atoms. The normalized spacial score (nSPS) is 14.6. The van der Waals surface area contributed by atoms with Gasteiger partial charge < -0.3 is 15.7 Å². The molecule has 2 atom stereocenters. The Kier molecular flexibility index (Phi) is 6.65. The average Bonchev–Trinajstić information content (AvgIpc) is 2.34. The third-order valence-electron chi connectivity index (χ3n) is 3.26. The van der Waals surface area contributed by atoms with Gasteiger partial charge in [0.15, 0.2) is 0 Å². The highest BCUT2D eigenvalue weighted by Gasteiger charge is 2.22. The number of hydrogen-bond acceptors (Lipinski definition) is 3.